The number of aliphatic hydroxyl groups excluding tert-OH is 1. The molecule has 6 heteroatoms. The predicted octanol–water partition coefficient (Wildman–Crippen LogP) is 1.12. The summed E-state index contributed by atoms with van der Waals surface area (Å²) in [5.41, 5.74) is 1.52. The number of benzene rings is 1. The quantitative estimate of drug-likeness (QED) is 0.885. The van der Waals surface area contributed by atoms with Gasteiger partial charge in [-0.25, -0.2) is 12.7 Å². The van der Waals surface area contributed by atoms with E-state index in [0.717, 1.165) is 24.0 Å². The highest BCUT2D eigenvalue weighted by Crippen LogP contribution is 2.19. The van der Waals surface area contributed by atoms with Crippen molar-refractivity contribution in [3.8, 4) is 0 Å². The van der Waals surface area contributed by atoms with Crippen molar-refractivity contribution < 1.29 is 18.3 Å². The number of nitrogens with zero attached hydrogens (tertiary/aromatic N) is 1. The van der Waals surface area contributed by atoms with Crippen molar-refractivity contribution >= 4 is 10.0 Å². The van der Waals surface area contributed by atoms with Gasteiger partial charge < -0.3 is 9.84 Å². The maximum Gasteiger partial charge on any atom is 0.218 e. The number of rotatable bonds is 5. The largest absolute Gasteiger partial charge is 0.392 e. The van der Waals surface area contributed by atoms with Crippen LogP contribution in [0.2, 0.25) is 0 Å². The smallest absolute Gasteiger partial charge is 0.218 e. The van der Waals surface area contributed by atoms with Gasteiger partial charge in [0.2, 0.25) is 10.0 Å². The first-order chi connectivity index (χ1) is 9.53. The lowest BCUT2D eigenvalue weighted by Crippen LogP contribution is -2.41. The highest BCUT2D eigenvalue weighted by Gasteiger charge is 2.27. The maximum atomic E-state index is 12.4. The molecule has 20 heavy (non-hydrogen) atoms. The molecule has 1 N–H and O–H groups in total. The third-order valence-electron chi connectivity index (χ3n) is 3.70. The molecule has 1 aromatic carbocycles. The zero-order valence-corrected chi connectivity index (χ0v) is 12.5. The summed E-state index contributed by atoms with van der Waals surface area (Å²) >= 11 is 0. The summed E-state index contributed by atoms with van der Waals surface area (Å²) in [6.45, 7) is 1.21. The number of ether oxygens (including phenoxy) is 1. The molecule has 1 aliphatic heterocycles. The van der Waals surface area contributed by atoms with Crippen molar-refractivity contribution in [3.05, 3.63) is 35.4 Å². The first kappa shape index (κ1) is 15.4. The van der Waals surface area contributed by atoms with E-state index in [4.69, 9.17) is 9.84 Å². The second kappa shape index (κ2) is 6.67. The van der Waals surface area contributed by atoms with E-state index in [1.54, 1.807) is 31.3 Å². The molecule has 0 spiro atoms. The highest BCUT2D eigenvalue weighted by molar-refractivity contribution is 7.88. The van der Waals surface area contributed by atoms with Crippen LogP contribution in [0.25, 0.3) is 0 Å². The van der Waals surface area contributed by atoms with Crippen molar-refractivity contribution in [2.75, 3.05) is 20.3 Å². The minimum absolute atomic E-state index is 0.00738. The van der Waals surface area contributed by atoms with E-state index >= 15 is 0 Å². The van der Waals surface area contributed by atoms with Gasteiger partial charge in [-0.15, -0.1) is 0 Å². The van der Waals surface area contributed by atoms with Gasteiger partial charge in [-0.3, -0.25) is 0 Å². The Kier molecular flexibility index (Phi) is 5.15. The van der Waals surface area contributed by atoms with Crippen LogP contribution in [0.5, 0.6) is 0 Å². The van der Waals surface area contributed by atoms with Crippen molar-refractivity contribution in [1.29, 1.82) is 0 Å². The minimum atomic E-state index is -3.32. The van der Waals surface area contributed by atoms with Gasteiger partial charge in [0.15, 0.2) is 0 Å². The van der Waals surface area contributed by atoms with Gasteiger partial charge in [0.05, 0.1) is 12.4 Å². The number of hydrogen-bond donors (Lipinski definition) is 1. The lowest BCUT2D eigenvalue weighted by Gasteiger charge is -2.30. The lowest BCUT2D eigenvalue weighted by atomic mass is 10.1. The molecule has 0 atom stereocenters. The molecule has 1 aromatic rings. The molecule has 0 bridgehead atoms. The molecule has 0 aromatic heterocycles. The van der Waals surface area contributed by atoms with Crippen molar-refractivity contribution in [1.82, 2.24) is 4.31 Å². The minimum Gasteiger partial charge on any atom is -0.392 e. The van der Waals surface area contributed by atoms with Gasteiger partial charge >= 0.3 is 0 Å². The second-order valence-electron chi connectivity index (χ2n) is 5.09. The predicted molar refractivity (Wildman–Crippen MR) is 76.6 cm³/mol. The van der Waals surface area contributed by atoms with E-state index in [1.165, 1.54) is 4.31 Å². The topological polar surface area (TPSA) is 66.8 Å². The number of hydrogen-bond acceptors (Lipinski definition) is 4. The zero-order chi connectivity index (χ0) is 14.6. The molecular formula is C14H21NO4S. The summed E-state index contributed by atoms with van der Waals surface area (Å²) in [6, 6.07) is 7.03. The van der Waals surface area contributed by atoms with E-state index in [-0.39, 0.29) is 18.4 Å². The summed E-state index contributed by atoms with van der Waals surface area (Å²) in [5, 5.41) is 8.98. The van der Waals surface area contributed by atoms with Crippen LogP contribution >= 0.6 is 0 Å². The van der Waals surface area contributed by atoms with Crippen LogP contribution in [0, 0.1) is 0 Å². The standard InChI is InChI=1S/C14H21NO4S/c1-15(14-6-8-19-9-7-14)20(17,18)11-13-4-2-12(10-16)3-5-13/h2-5,14,16H,6-11H2,1H3. The molecule has 1 heterocycles. The fraction of sp³-hybridized carbons (Fsp3) is 0.571. The second-order valence-corrected chi connectivity index (χ2v) is 7.12. The van der Waals surface area contributed by atoms with Crippen molar-refractivity contribution in [2.45, 2.75) is 31.2 Å². The summed E-state index contributed by atoms with van der Waals surface area (Å²) < 4.78 is 31.5. The third kappa shape index (κ3) is 3.79. The van der Waals surface area contributed by atoms with E-state index in [9.17, 15) is 8.42 Å². The molecule has 1 fully saturated rings. The average Bonchev–Trinajstić information content (AvgIpc) is 2.48. The first-order valence-electron chi connectivity index (χ1n) is 6.75. The summed E-state index contributed by atoms with van der Waals surface area (Å²) in [5.74, 6) is -0.00738. The Labute approximate surface area is 120 Å². The zero-order valence-electron chi connectivity index (χ0n) is 11.7. The lowest BCUT2D eigenvalue weighted by molar-refractivity contribution is 0.0632. The normalized spacial score (nSPS) is 17.6. The van der Waals surface area contributed by atoms with Gasteiger partial charge in [-0.1, -0.05) is 24.3 Å². The maximum absolute atomic E-state index is 12.4. The Bertz CT molecular complexity index is 521. The van der Waals surface area contributed by atoms with Crippen LogP contribution in [0.3, 0.4) is 0 Å². The third-order valence-corrected chi connectivity index (χ3v) is 5.57. The molecule has 112 valence electrons. The van der Waals surface area contributed by atoms with Crippen LogP contribution in [-0.4, -0.2) is 44.1 Å². The van der Waals surface area contributed by atoms with E-state index in [2.05, 4.69) is 0 Å². The fourth-order valence-electron chi connectivity index (χ4n) is 2.33. The summed E-state index contributed by atoms with van der Waals surface area (Å²) in [6.07, 6.45) is 1.50. The number of aliphatic hydroxyl groups is 1. The Balaban J connectivity index is 2.05. The van der Waals surface area contributed by atoms with Crippen molar-refractivity contribution in [3.63, 3.8) is 0 Å². The van der Waals surface area contributed by atoms with Gasteiger partial charge in [-0.05, 0) is 24.0 Å². The molecule has 5 nitrogen and oxygen atoms in total. The molecule has 1 saturated heterocycles. The summed E-state index contributed by atoms with van der Waals surface area (Å²) in [7, 11) is -1.67. The Morgan fingerprint density at radius 3 is 2.30 bits per heavy atom. The first-order valence-corrected chi connectivity index (χ1v) is 8.36. The Morgan fingerprint density at radius 1 is 1.20 bits per heavy atom. The van der Waals surface area contributed by atoms with Gasteiger partial charge in [-0.2, -0.15) is 0 Å². The van der Waals surface area contributed by atoms with Crippen LogP contribution in [0.4, 0.5) is 0 Å². The molecule has 0 aliphatic carbocycles. The molecule has 0 amide bonds. The van der Waals surface area contributed by atoms with Gasteiger partial charge in [0.25, 0.3) is 0 Å². The molecule has 0 unspecified atom stereocenters. The molecule has 2 rings (SSSR count). The number of sulfonamides is 1. The van der Waals surface area contributed by atoms with Gasteiger partial charge in [0, 0.05) is 26.3 Å². The van der Waals surface area contributed by atoms with Crippen molar-refractivity contribution in [2.24, 2.45) is 0 Å². The van der Waals surface area contributed by atoms with Crippen LogP contribution in [0.1, 0.15) is 24.0 Å². The van der Waals surface area contributed by atoms with E-state index in [0.29, 0.717) is 13.2 Å². The van der Waals surface area contributed by atoms with Crippen LogP contribution < -0.4 is 0 Å². The molecular weight excluding hydrogens is 278 g/mol. The average molecular weight is 299 g/mol. The molecule has 0 radical (unpaired) electrons. The van der Waals surface area contributed by atoms with Crippen LogP contribution in [0.15, 0.2) is 24.3 Å². The molecule has 1 aliphatic rings. The fourth-order valence-corrected chi connectivity index (χ4v) is 3.81. The Hall–Kier alpha value is -0.950. The van der Waals surface area contributed by atoms with Gasteiger partial charge in [0.1, 0.15) is 0 Å². The monoisotopic (exact) mass is 299 g/mol. The summed E-state index contributed by atoms with van der Waals surface area (Å²) in [4.78, 5) is 0. The highest BCUT2D eigenvalue weighted by atomic mass is 32.2. The Morgan fingerprint density at radius 2 is 1.75 bits per heavy atom. The van der Waals surface area contributed by atoms with E-state index in [1.807, 2.05) is 0 Å². The SMILES string of the molecule is CN(C1CCOCC1)S(=O)(=O)Cc1ccc(CO)cc1. The van der Waals surface area contributed by atoms with E-state index < -0.39 is 10.0 Å². The van der Waals surface area contributed by atoms with Crippen LogP contribution in [-0.2, 0) is 27.1 Å². The molecule has 0 saturated carbocycles.